The quantitative estimate of drug-likeness (QED) is 0.231. The molecular weight excluding hydrogens is 525 g/mol. The van der Waals surface area contributed by atoms with Gasteiger partial charge in [-0.25, -0.2) is 4.98 Å². The molecule has 0 saturated carbocycles. The molecule has 0 saturated heterocycles. The average molecular weight is 544 g/mol. The first-order chi connectivity index (χ1) is 16.9. The number of thioether (sulfide) groups is 1. The number of thiazole rings is 1. The van der Waals surface area contributed by atoms with E-state index in [-0.39, 0.29) is 17.6 Å². The number of methoxy groups -OCH3 is 1. The summed E-state index contributed by atoms with van der Waals surface area (Å²) < 4.78 is 5.11. The van der Waals surface area contributed by atoms with Gasteiger partial charge >= 0.3 is 0 Å². The van der Waals surface area contributed by atoms with E-state index >= 15 is 0 Å². The lowest BCUT2D eigenvalue weighted by Crippen LogP contribution is -2.13. The van der Waals surface area contributed by atoms with Crippen LogP contribution in [0.15, 0.2) is 77.0 Å². The number of rotatable bonds is 8. The monoisotopic (exact) mass is 543 g/mol. The number of nitrogens with one attached hydrogen (secondary N) is 2. The first-order valence-electron chi connectivity index (χ1n) is 10.3. The van der Waals surface area contributed by atoms with Crippen LogP contribution in [0.25, 0.3) is 11.3 Å². The topological polar surface area (TPSA) is 80.3 Å². The van der Waals surface area contributed by atoms with Crippen molar-refractivity contribution in [1.29, 1.82) is 0 Å². The highest BCUT2D eigenvalue weighted by atomic mass is 35.5. The van der Waals surface area contributed by atoms with Gasteiger partial charge in [0.15, 0.2) is 5.13 Å². The molecule has 2 N–H and O–H groups in total. The van der Waals surface area contributed by atoms with E-state index < -0.39 is 0 Å². The maximum Gasteiger partial charge on any atom is 0.255 e. The lowest BCUT2D eigenvalue weighted by molar-refractivity contribution is -0.113. The number of hydrogen-bond acceptors (Lipinski definition) is 6. The van der Waals surface area contributed by atoms with Gasteiger partial charge in [0.2, 0.25) is 5.91 Å². The molecule has 0 aliphatic rings. The molecule has 2 amide bonds. The van der Waals surface area contributed by atoms with E-state index in [0.29, 0.717) is 37.9 Å². The van der Waals surface area contributed by atoms with E-state index in [4.69, 9.17) is 27.9 Å². The van der Waals surface area contributed by atoms with E-state index in [9.17, 15) is 9.59 Å². The Morgan fingerprint density at radius 1 is 0.971 bits per heavy atom. The predicted molar refractivity (Wildman–Crippen MR) is 144 cm³/mol. The summed E-state index contributed by atoms with van der Waals surface area (Å²) in [6.07, 6.45) is 0. The second-order valence-corrected chi connectivity index (χ2v) is 9.93. The van der Waals surface area contributed by atoms with Crippen LogP contribution in [0.1, 0.15) is 10.4 Å². The van der Waals surface area contributed by atoms with Crippen LogP contribution in [0.2, 0.25) is 10.0 Å². The van der Waals surface area contributed by atoms with Crippen molar-refractivity contribution in [2.75, 3.05) is 23.5 Å². The minimum absolute atomic E-state index is 0.165. The summed E-state index contributed by atoms with van der Waals surface area (Å²) in [6, 6.07) is 19.5. The van der Waals surface area contributed by atoms with E-state index in [2.05, 4.69) is 15.6 Å². The molecule has 0 atom stereocenters. The normalized spacial score (nSPS) is 10.6. The van der Waals surface area contributed by atoms with Gasteiger partial charge < -0.3 is 15.4 Å². The number of hydrogen-bond donors (Lipinski definition) is 2. The molecule has 4 rings (SSSR count). The van der Waals surface area contributed by atoms with Gasteiger partial charge in [-0.1, -0.05) is 29.3 Å². The first kappa shape index (κ1) is 25.1. The zero-order valence-corrected chi connectivity index (χ0v) is 21.5. The number of amides is 2. The molecule has 178 valence electrons. The molecule has 0 spiro atoms. The molecule has 1 aromatic heterocycles. The van der Waals surface area contributed by atoms with Crippen molar-refractivity contribution in [3.8, 4) is 17.0 Å². The SMILES string of the molecule is COc1ccc(C(=O)Nc2ccc(SCC(=O)Nc3nc(-c4ccc(Cl)c(Cl)c4)cs3)cc2)cc1. The van der Waals surface area contributed by atoms with Gasteiger partial charge in [-0.3, -0.25) is 9.59 Å². The van der Waals surface area contributed by atoms with Crippen molar-refractivity contribution in [2.24, 2.45) is 0 Å². The third kappa shape index (κ3) is 6.76. The molecule has 0 fully saturated rings. The van der Waals surface area contributed by atoms with Crippen molar-refractivity contribution < 1.29 is 14.3 Å². The van der Waals surface area contributed by atoms with E-state index in [1.807, 2.05) is 23.6 Å². The Morgan fingerprint density at radius 3 is 2.40 bits per heavy atom. The zero-order valence-electron chi connectivity index (χ0n) is 18.4. The molecule has 0 bridgehead atoms. The fraction of sp³-hybridized carbons (Fsp3) is 0.0800. The molecule has 0 unspecified atom stereocenters. The average Bonchev–Trinajstić information content (AvgIpc) is 3.33. The van der Waals surface area contributed by atoms with Gasteiger partial charge in [-0.2, -0.15) is 0 Å². The maximum absolute atomic E-state index is 12.4. The summed E-state index contributed by atoms with van der Waals surface area (Å²) in [7, 11) is 1.58. The van der Waals surface area contributed by atoms with Gasteiger partial charge in [-0.15, -0.1) is 23.1 Å². The van der Waals surface area contributed by atoms with Gasteiger partial charge in [-0.05, 0) is 60.7 Å². The molecule has 0 aliphatic carbocycles. The standard InChI is InChI=1S/C25H19Cl2N3O3S2/c1-33-18-7-2-15(3-8-18)24(32)28-17-5-9-19(10-6-17)34-14-23(31)30-25-29-22(13-35-25)16-4-11-20(26)21(27)12-16/h2-13H,14H2,1H3,(H,28,32)(H,29,30,31). The number of anilines is 2. The summed E-state index contributed by atoms with van der Waals surface area (Å²) in [5.41, 5.74) is 2.73. The van der Waals surface area contributed by atoms with Gasteiger partial charge in [0.25, 0.3) is 5.91 Å². The smallest absolute Gasteiger partial charge is 0.255 e. The Labute approximate surface area is 220 Å². The molecule has 3 aromatic carbocycles. The minimum Gasteiger partial charge on any atom is -0.497 e. The van der Waals surface area contributed by atoms with Crippen molar-refractivity contribution in [3.63, 3.8) is 0 Å². The van der Waals surface area contributed by atoms with Crippen LogP contribution < -0.4 is 15.4 Å². The number of aromatic nitrogens is 1. The number of halogens is 2. The van der Waals surface area contributed by atoms with Gasteiger partial charge in [0.1, 0.15) is 5.75 Å². The molecule has 1 heterocycles. The predicted octanol–water partition coefficient (Wildman–Crippen LogP) is 7.11. The fourth-order valence-electron chi connectivity index (χ4n) is 3.00. The largest absolute Gasteiger partial charge is 0.497 e. The minimum atomic E-state index is -0.212. The van der Waals surface area contributed by atoms with Crippen LogP contribution in [0.4, 0.5) is 10.8 Å². The van der Waals surface area contributed by atoms with Gasteiger partial charge in [0.05, 0.1) is 28.6 Å². The molecule has 4 aromatic rings. The highest BCUT2D eigenvalue weighted by Gasteiger charge is 2.11. The van der Waals surface area contributed by atoms with E-state index in [0.717, 1.165) is 10.5 Å². The van der Waals surface area contributed by atoms with Crippen molar-refractivity contribution >= 4 is 68.9 Å². The molecule has 35 heavy (non-hydrogen) atoms. The van der Waals surface area contributed by atoms with E-state index in [1.165, 1.54) is 23.1 Å². The third-order valence-corrected chi connectivity index (χ3v) is 7.31. The van der Waals surface area contributed by atoms with Crippen LogP contribution in [-0.4, -0.2) is 29.7 Å². The first-order valence-corrected chi connectivity index (χ1v) is 12.9. The van der Waals surface area contributed by atoms with Crippen molar-refractivity contribution in [1.82, 2.24) is 4.98 Å². The number of carbonyl (C=O) groups excluding carboxylic acids is 2. The number of benzene rings is 3. The molecular formula is C25H19Cl2N3O3S2. The second-order valence-electron chi connectivity index (χ2n) is 7.21. The van der Waals surface area contributed by atoms with E-state index in [1.54, 1.807) is 55.6 Å². The Morgan fingerprint density at radius 2 is 1.71 bits per heavy atom. The highest BCUT2D eigenvalue weighted by Crippen LogP contribution is 2.30. The van der Waals surface area contributed by atoms with Gasteiger partial charge in [0, 0.05) is 27.1 Å². The van der Waals surface area contributed by atoms with Crippen LogP contribution in [0, 0.1) is 0 Å². The van der Waals surface area contributed by atoms with Crippen LogP contribution in [0.5, 0.6) is 5.75 Å². The maximum atomic E-state index is 12.4. The summed E-state index contributed by atoms with van der Waals surface area (Å²) in [6.45, 7) is 0. The lowest BCUT2D eigenvalue weighted by atomic mass is 10.2. The number of ether oxygens (including phenoxy) is 1. The van der Waals surface area contributed by atoms with Crippen molar-refractivity contribution in [3.05, 3.63) is 87.7 Å². The second kappa shape index (κ2) is 11.6. The molecule has 0 aliphatic heterocycles. The highest BCUT2D eigenvalue weighted by molar-refractivity contribution is 8.00. The third-order valence-electron chi connectivity index (χ3n) is 4.80. The summed E-state index contributed by atoms with van der Waals surface area (Å²) in [5.74, 6) is 0.533. The number of carbonyl (C=O) groups is 2. The fourth-order valence-corrected chi connectivity index (χ4v) is 4.74. The summed E-state index contributed by atoms with van der Waals surface area (Å²) in [5, 5.41) is 8.95. The molecule has 10 heteroatoms. The molecule has 0 radical (unpaired) electrons. The van der Waals surface area contributed by atoms with Crippen LogP contribution in [-0.2, 0) is 4.79 Å². The summed E-state index contributed by atoms with van der Waals surface area (Å²) >= 11 is 14.8. The van der Waals surface area contributed by atoms with Crippen LogP contribution in [0.3, 0.4) is 0 Å². The Kier molecular flexibility index (Phi) is 8.30. The molecule has 6 nitrogen and oxygen atoms in total. The zero-order chi connectivity index (χ0) is 24.8. The Hall–Kier alpha value is -3.04. The summed E-state index contributed by atoms with van der Waals surface area (Å²) in [4.78, 5) is 30.1. The van der Waals surface area contributed by atoms with Crippen molar-refractivity contribution in [2.45, 2.75) is 4.90 Å². The number of nitrogens with zero attached hydrogens (tertiary/aromatic N) is 1. The van der Waals surface area contributed by atoms with Crippen LogP contribution >= 0.6 is 46.3 Å². The Balaban J connectivity index is 1.27. The lowest BCUT2D eigenvalue weighted by Gasteiger charge is -2.07. The Bertz CT molecular complexity index is 1340.